The van der Waals surface area contributed by atoms with Crippen molar-refractivity contribution >= 4 is 16.8 Å². The standard InChI is InChI=1S/C15H17N5O/c1-15(6-3-7-18-9-15)20-12(8-16)10-4-2-5-11(14(17)21)13(10)19-20/h2,4-5,18H,3,6-7,9H2,1H3,(H2,17,21). The number of aromatic nitrogens is 2. The summed E-state index contributed by atoms with van der Waals surface area (Å²) in [5.74, 6) is -0.526. The lowest BCUT2D eigenvalue weighted by atomic mass is 9.92. The fourth-order valence-electron chi connectivity index (χ4n) is 3.02. The second-order valence-electron chi connectivity index (χ2n) is 5.72. The van der Waals surface area contributed by atoms with Gasteiger partial charge in [-0.15, -0.1) is 0 Å². The first-order valence-corrected chi connectivity index (χ1v) is 7.00. The smallest absolute Gasteiger partial charge is 0.250 e. The number of nitriles is 1. The summed E-state index contributed by atoms with van der Waals surface area (Å²) in [5, 5.41) is 18.1. The van der Waals surface area contributed by atoms with Crippen LogP contribution in [0, 0.1) is 11.3 Å². The van der Waals surface area contributed by atoms with E-state index in [9.17, 15) is 10.1 Å². The van der Waals surface area contributed by atoms with E-state index in [0.29, 0.717) is 22.2 Å². The van der Waals surface area contributed by atoms with Crippen molar-refractivity contribution in [3.05, 3.63) is 29.5 Å². The molecule has 1 fully saturated rings. The Morgan fingerprint density at radius 2 is 2.38 bits per heavy atom. The van der Waals surface area contributed by atoms with Gasteiger partial charge in [0.2, 0.25) is 0 Å². The number of nitrogens with one attached hydrogen (secondary N) is 1. The van der Waals surface area contributed by atoms with E-state index in [1.54, 1.807) is 16.8 Å². The molecule has 0 bridgehead atoms. The number of benzene rings is 1. The van der Waals surface area contributed by atoms with Crippen molar-refractivity contribution in [2.24, 2.45) is 5.73 Å². The molecular formula is C15H17N5O. The van der Waals surface area contributed by atoms with Crippen molar-refractivity contribution in [3.63, 3.8) is 0 Å². The van der Waals surface area contributed by atoms with Crippen LogP contribution in [0.4, 0.5) is 0 Å². The van der Waals surface area contributed by atoms with E-state index in [4.69, 9.17) is 5.73 Å². The van der Waals surface area contributed by atoms with E-state index in [-0.39, 0.29) is 5.54 Å². The van der Waals surface area contributed by atoms with Crippen LogP contribution in [0.3, 0.4) is 0 Å². The topological polar surface area (TPSA) is 96.7 Å². The molecule has 2 aromatic rings. The van der Waals surface area contributed by atoms with Crippen molar-refractivity contribution in [2.75, 3.05) is 13.1 Å². The Labute approximate surface area is 122 Å². The summed E-state index contributed by atoms with van der Waals surface area (Å²) >= 11 is 0. The van der Waals surface area contributed by atoms with Gasteiger partial charge in [0.05, 0.1) is 11.1 Å². The largest absolute Gasteiger partial charge is 0.366 e. The van der Waals surface area contributed by atoms with Crippen LogP contribution in [0.25, 0.3) is 10.9 Å². The van der Waals surface area contributed by atoms with Gasteiger partial charge in [0.15, 0.2) is 0 Å². The number of carbonyl (C=O) groups is 1. The van der Waals surface area contributed by atoms with Crippen LogP contribution in [0.2, 0.25) is 0 Å². The van der Waals surface area contributed by atoms with Gasteiger partial charge < -0.3 is 11.1 Å². The number of rotatable bonds is 2. The van der Waals surface area contributed by atoms with Gasteiger partial charge in [-0.2, -0.15) is 10.4 Å². The summed E-state index contributed by atoms with van der Waals surface area (Å²) in [5.41, 5.74) is 6.49. The number of hydrogen-bond acceptors (Lipinski definition) is 4. The number of hydrogen-bond donors (Lipinski definition) is 2. The molecule has 0 spiro atoms. The second-order valence-corrected chi connectivity index (χ2v) is 5.72. The van der Waals surface area contributed by atoms with Crippen LogP contribution in [-0.4, -0.2) is 28.8 Å². The van der Waals surface area contributed by atoms with Crippen LogP contribution in [0.15, 0.2) is 18.2 Å². The first-order valence-electron chi connectivity index (χ1n) is 7.00. The molecule has 0 saturated carbocycles. The summed E-state index contributed by atoms with van der Waals surface area (Å²) in [6, 6.07) is 7.41. The van der Waals surface area contributed by atoms with Gasteiger partial charge in [-0.25, -0.2) is 4.68 Å². The Hall–Kier alpha value is -2.39. The number of piperidine rings is 1. The van der Waals surface area contributed by atoms with E-state index in [0.717, 1.165) is 25.9 Å². The van der Waals surface area contributed by atoms with Crippen LogP contribution < -0.4 is 11.1 Å². The molecule has 1 atom stereocenters. The zero-order chi connectivity index (χ0) is 15.0. The predicted octanol–water partition coefficient (Wildman–Crippen LogP) is 1.11. The first kappa shape index (κ1) is 13.6. The fourth-order valence-corrected chi connectivity index (χ4v) is 3.02. The third kappa shape index (κ3) is 2.06. The first-order chi connectivity index (χ1) is 10.1. The number of primary amides is 1. The molecule has 1 aromatic carbocycles. The van der Waals surface area contributed by atoms with E-state index in [1.165, 1.54) is 0 Å². The highest BCUT2D eigenvalue weighted by molar-refractivity contribution is 6.05. The van der Waals surface area contributed by atoms with Gasteiger partial charge in [0.1, 0.15) is 17.3 Å². The average molecular weight is 283 g/mol. The van der Waals surface area contributed by atoms with Crippen LogP contribution in [0.1, 0.15) is 35.8 Å². The molecule has 0 aliphatic carbocycles. The summed E-state index contributed by atoms with van der Waals surface area (Å²) in [7, 11) is 0. The molecular weight excluding hydrogens is 266 g/mol. The lowest BCUT2D eigenvalue weighted by Gasteiger charge is -2.34. The minimum Gasteiger partial charge on any atom is -0.366 e. The summed E-state index contributed by atoms with van der Waals surface area (Å²) in [4.78, 5) is 11.6. The van der Waals surface area contributed by atoms with E-state index in [2.05, 4.69) is 23.4 Å². The third-order valence-corrected chi connectivity index (χ3v) is 4.16. The minimum absolute atomic E-state index is 0.267. The van der Waals surface area contributed by atoms with Gasteiger partial charge >= 0.3 is 0 Å². The van der Waals surface area contributed by atoms with Gasteiger partial charge in [0.25, 0.3) is 5.91 Å². The number of carbonyl (C=O) groups excluding carboxylic acids is 1. The van der Waals surface area contributed by atoms with Gasteiger partial charge in [-0.05, 0) is 38.4 Å². The maximum absolute atomic E-state index is 11.6. The normalized spacial score (nSPS) is 22.1. The minimum atomic E-state index is -0.526. The zero-order valence-corrected chi connectivity index (χ0v) is 11.9. The highest BCUT2D eigenvalue weighted by atomic mass is 16.1. The summed E-state index contributed by atoms with van der Waals surface area (Å²) < 4.78 is 1.76. The quantitative estimate of drug-likeness (QED) is 0.862. The lowest BCUT2D eigenvalue weighted by Crippen LogP contribution is -2.46. The van der Waals surface area contributed by atoms with Crippen molar-refractivity contribution in [1.29, 1.82) is 5.26 Å². The number of amides is 1. The molecule has 1 aliphatic rings. The summed E-state index contributed by atoms with van der Waals surface area (Å²) in [6.45, 7) is 3.81. The van der Waals surface area contributed by atoms with Crippen molar-refractivity contribution in [1.82, 2.24) is 15.1 Å². The zero-order valence-electron chi connectivity index (χ0n) is 11.9. The lowest BCUT2D eigenvalue weighted by molar-refractivity contribution is 0.100. The van der Waals surface area contributed by atoms with Crippen molar-refractivity contribution in [2.45, 2.75) is 25.3 Å². The van der Waals surface area contributed by atoms with Crippen molar-refractivity contribution in [3.8, 4) is 6.07 Å². The molecule has 0 radical (unpaired) electrons. The van der Waals surface area contributed by atoms with Gasteiger partial charge in [-0.3, -0.25) is 4.79 Å². The van der Waals surface area contributed by atoms with Crippen LogP contribution in [-0.2, 0) is 5.54 Å². The highest BCUT2D eigenvalue weighted by Crippen LogP contribution is 2.30. The molecule has 3 rings (SSSR count). The predicted molar refractivity (Wildman–Crippen MR) is 78.7 cm³/mol. The average Bonchev–Trinajstić information content (AvgIpc) is 2.87. The molecule has 3 N–H and O–H groups in total. The molecule has 1 amide bonds. The second kappa shape index (κ2) is 4.86. The Morgan fingerprint density at radius 1 is 1.57 bits per heavy atom. The molecule has 6 heteroatoms. The third-order valence-electron chi connectivity index (χ3n) is 4.16. The van der Waals surface area contributed by atoms with E-state index < -0.39 is 5.91 Å². The van der Waals surface area contributed by atoms with Gasteiger partial charge in [0, 0.05) is 11.9 Å². The van der Waals surface area contributed by atoms with Crippen molar-refractivity contribution < 1.29 is 4.79 Å². The van der Waals surface area contributed by atoms with Gasteiger partial charge in [-0.1, -0.05) is 6.07 Å². The Kier molecular flexibility index (Phi) is 3.15. The summed E-state index contributed by atoms with van der Waals surface area (Å²) in [6.07, 6.45) is 1.97. The fraction of sp³-hybridized carbons (Fsp3) is 0.400. The number of fused-ring (bicyclic) bond motifs is 1. The molecule has 21 heavy (non-hydrogen) atoms. The molecule has 6 nitrogen and oxygen atoms in total. The molecule has 1 saturated heterocycles. The Bertz CT molecular complexity index is 749. The van der Waals surface area contributed by atoms with Crippen LogP contribution >= 0.6 is 0 Å². The maximum atomic E-state index is 11.6. The molecule has 1 aromatic heterocycles. The Morgan fingerprint density at radius 3 is 3.00 bits per heavy atom. The monoisotopic (exact) mass is 283 g/mol. The van der Waals surface area contributed by atoms with E-state index in [1.807, 2.05) is 6.07 Å². The van der Waals surface area contributed by atoms with E-state index >= 15 is 0 Å². The molecule has 2 heterocycles. The molecule has 1 aliphatic heterocycles. The molecule has 108 valence electrons. The molecule has 1 unspecified atom stereocenters. The number of nitrogens with zero attached hydrogens (tertiary/aromatic N) is 3. The Balaban J connectivity index is 2.26. The maximum Gasteiger partial charge on any atom is 0.250 e. The SMILES string of the molecule is CC1(n2nc3c(C(N)=O)cccc3c2C#N)CCCNC1. The highest BCUT2D eigenvalue weighted by Gasteiger charge is 2.33. The van der Waals surface area contributed by atoms with Crippen LogP contribution in [0.5, 0.6) is 0 Å². The number of nitrogens with two attached hydrogens (primary N) is 1.